The minimum absolute atomic E-state index is 0.0176. The van der Waals surface area contributed by atoms with Gasteiger partial charge < -0.3 is 14.8 Å². The van der Waals surface area contributed by atoms with E-state index >= 15 is 0 Å². The fourth-order valence-corrected chi connectivity index (χ4v) is 3.80. The van der Waals surface area contributed by atoms with Crippen molar-refractivity contribution in [3.63, 3.8) is 0 Å². The van der Waals surface area contributed by atoms with E-state index < -0.39 is 23.3 Å². The normalized spacial score (nSPS) is 10.8. The molecule has 0 fully saturated rings. The number of nitrogens with one attached hydrogen (secondary N) is 2. The molecule has 11 heteroatoms. The lowest BCUT2D eigenvalue weighted by Crippen LogP contribution is -2.34. The van der Waals surface area contributed by atoms with Gasteiger partial charge in [0.05, 0.1) is 30.3 Å². The Bertz CT molecular complexity index is 1650. The van der Waals surface area contributed by atoms with Crippen LogP contribution in [-0.4, -0.2) is 40.5 Å². The molecule has 1 heterocycles. The maximum absolute atomic E-state index is 12.9. The average Bonchev–Trinajstić information content (AvgIpc) is 3.17. The number of amides is 2. The van der Waals surface area contributed by atoms with Crippen molar-refractivity contribution >= 4 is 29.7 Å². The number of aryl methyl sites for hydroxylation is 1. The average molecular weight is 542 g/mol. The van der Waals surface area contributed by atoms with E-state index in [-0.39, 0.29) is 17.2 Å². The monoisotopic (exact) mass is 541 g/mol. The van der Waals surface area contributed by atoms with E-state index in [1.54, 1.807) is 67.2 Å². The number of benzene rings is 3. The fraction of sp³-hybridized carbons (Fsp3) is 0.138. The van der Waals surface area contributed by atoms with Crippen molar-refractivity contribution in [1.29, 1.82) is 0 Å². The van der Waals surface area contributed by atoms with Crippen LogP contribution in [0.15, 0.2) is 82.7 Å². The number of ether oxygens (including phenoxy) is 2. The minimum Gasteiger partial charge on any atom is -0.493 e. The lowest BCUT2D eigenvalue weighted by molar-refractivity contribution is -0.136. The maximum atomic E-state index is 12.9. The second-order valence-corrected chi connectivity index (χ2v) is 8.76. The van der Waals surface area contributed by atoms with Gasteiger partial charge in [0.25, 0.3) is 5.56 Å². The van der Waals surface area contributed by atoms with Gasteiger partial charge in [-0.3, -0.25) is 19.1 Å². The van der Waals surface area contributed by atoms with E-state index in [4.69, 9.17) is 9.47 Å². The summed E-state index contributed by atoms with van der Waals surface area (Å²) >= 11 is 0. The van der Waals surface area contributed by atoms with Gasteiger partial charge in [0, 0.05) is 7.05 Å². The number of carbonyl (C=O) groups is 3. The van der Waals surface area contributed by atoms with E-state index in [9.17, 15) is 19.2 Å². The number of hydrogen-bond donors (Lipinski definition) is 2. The Morgan fingerprint density at radius 3 is 2.27 bits per heavy atom. The number of carbonyl (C=O) groups excluding carboxylic acids is 3. The van der Waals surface area contributed by atoms with Crippen LogP contribution in [0.4, 0.5) is 5.69 Å². The molecule has 204 valence electrons. The number of methoxy groups -OCH3 is 1. The summed E-state index contributed by atoms with van der Waals surface area (Å²) < 4.78 is 13.7. The summed E-state index contributed by atoms with van der Waals surface area (Å²) in [6, 6.07) is 20.5. The highest BCUT2D eigenvalue weighted by Gasteiger charge is 2.21. The van der Waals surface area contributed by atoms with Crippen molar-refractivity contribution in [3.8, 4) is 17.2 Å². The standard InChI is InChI=1S/C29H27N5O6/c1-18-10-13-21(14-11-18)29(38)40-23-15-12-20(16-24(23)39-4)17-30-32-27(36)26(35)31-25-19(2)33(3)34(28(25)37)22-8-6-5-7-9-22/h5-17H,1-4H3,(H,31,35)(H,32,36)/b30-17+. The van der Waals surface area contributed by atoms with Crippen LogP contribution in [0, 0.1) is 13.8 Å². The fourth-order valence-electron chi connectivity index (χ4n) is 3.80. The number of aromatic nitrogens is 2. The second-order valence-electron chi connectivity index (χ2n) is 8.76. The van der Waals surface area contributed by atoms with Crippen molar-refractivity contribution < 1.29 is 23.9 Å². The molecule has 0 saturated carbocycles. The van der Waals surface area contributed by atoms with Gasteiger partial charge in [0.15, 0.2) is 11.5 Å². The molecule has 0 aliphatic carbocycles. The van der Waals surface area contributed by atoms with Crippen LogP contribution in [0.25, 0.3) is 5.69 Å². The maximum Gasteiger partial charge on any atom is 0.343 e. The highest BCUT2D eigenvalue weighted by atomic mass is 16.6. The van der Waals surface area contributed by atoms with E-state index in [2.05, 4.69) is 15.8 Å². The highest BCUT2D eigenvalue weighted by molar-refractivity contribution is 6.39. The molecule has 4 rings (SSSR count). The van der Waals surface area contributed by atoms with E-state index in [0.717, 1.165) is 5.56 Å². The number of esters is 1. The van der Waals surface area contributed by atoms with Crippen LogP contribution in [0.2, 0.25) is 0 Å². The zero-order chi connectivity index (χ0) is 28.8. The Hall–Kier alpha value is -5.45. The quantitative estimate of drug-likeness (QED) is 0.121. The van der Waals surface area contributed by atoms with Gasteiger partial charge in [-0.15, -0.1) is 0 Å². The number of hydrazone groups is 1. The van der Waals surface area contributed by atoms with Crippen molar-refractivity contribution in [3.05, 3.63) is 106 Å². The molecule has 0 bridgehead atoms. The Balaban J connectivity index is 1.40. The Kier molecular flexibility index (Phi) is 8.24. The molecular formula is C29H27N5O6. The predicted octanol–water partition coefficient (Wildman–Crippen LogP) is 3.11. The highest BCUT2D eigenvalue weighted by Crippen LogP contribution is 2.28. The molecular weight excluding hydrogens is 514 g/mol. The molecule has 2 amide bonds. The SMILES string of the molecule is COc1cc(/C=N/NC(=O)C(=O)Nc2c(C)n(C)n(-c3ccccc3)c2=O)ccc1OC(=O)c1ccc(C)cc1. The van der Waals surface area contributed by atoms with Gasteiger partial charge in [0.2, 0.25) is 0 Å². The summed E-state index contributed by atoms with van der Waals surface area (Å²) in [5, 5.41) is 6.17. The summed E-state index contributed by atoms with van der Waals surface area (Å²) in [6.45, 7) is 3.57. The first-order chi connectivity index (χ1) is 19.2. The summed E-state index contributed by atoms with van der Waals surface area (Å²) in [5.74, 6) is -2.20. The van der Waals surface area contributed by atoms with Gasteiger partial charge in [-0.1, -0.05) is 35.9 Å². The van der Waals surface area contributed by atoms with Gasteiger partial charge >= 0.3 is 17.8 Å². The number of para-hydroxylation sites is 1. The van der Waals surface area contributed by atoms with Crippen molar-refractivity contribution in [2.75, 3.05) is 12.4 Å². The van der Waals surface area contributed by atoms with Gasteiger partial charge in [0.1, 0.15) is 5.69 Å². The first-order valence-corrected chi connectivity index (χ1v) is 12.1. The van der Waals surface area contributed by atoms with Gasteiger partial charge in [-0.2, -0.15) is 5.10 Å². The third-order valence-electron chi connectivity index (χ3n) is 6.06. The predicted molar refractivity (Wildman–Crippen MR) is 149 cm³/mol. The Morgan fingerprint density at radius 2 is 1.60 bits per heavy atom. The molecule has 0 radical (unpaired) electrons. The lowest BCUT2D eigenvalue weighted by Gasteiger charge is -2.10. The first-order valence-electron chi connectivity index (χ1n) is 12.1. The number of anilines is 1. The summed E-state index contributed by atoms with van der Waals surface area (Å²) in [7, 11) is 3.09. The molecule has 0 aliphatic rings. The molecule has 3 aromatic carbocycles. The zero-order valence-electron chi connectivity index (χ0n) is 22.3. The Labute approximate surface area is 229 Å². The molecule has 4 aromatic rings. The van der Waals surface area contributed by atoms with E-state index in [0.29, 0.717) is 22.5 Å². The van der Waals surface area contributed by atoms with E-state index in [1.165, 1.54) is 24.1 Å². The molecule has 0 spiro atoms. The molecule has 11 nitrogen and oxygen atoms in total. The van der Waals surface area contributed by atoms with Crippen molar-refractivity contribution in [1.82, 2.24) is 14.8 Å². The molecule has 2 N–H and O–H groups in total. The first kappa shape index (κ1) is 27.6. The number of nitrogens with zero attached hydrogens (tertiary/aromatic N) is 3. The molecule has 40 heavy (non-hydrogen) atoms. The summed E-state index contributed by atoms with van der Waals surface area (Å²) in [4.78, 5) is 50.2. The molecule has 1 aromatic heterocycles. The summed E-state index contributed by atoms with van der Waals surface area (Å²) in [5.41, 5.74) is 4.62. The van der Waals surface area contributed by atoms with Crippen LogP contribution < -0.4 is 25.8 Å². The van der Waals surface area contributed by atoms with E-state index in [1.807, 2.05) is 25.1 Å². The third-order valence-corrected chi connectivity index (χ3v) is 6.06. The van der Waals surface area contributed by atoms with Crippen molar-refractivity contribution in [2.45, 2.75) is 13.8 Å². The van der Waals surface area contributed by atoms with Gasteiger partial charge in [-0.25, -0.2) is 14.9 Å². The molecule has 0 unspecified atom stereocenters. The second kappa shape index (κ2) is 11.9. The number of hydrogen-bond acceptors (Lipinski definition) is 7. The zero-order valence-corrected chi connectivity index (χ0v) is 22.3. The van der Waals surface area contributed by atoms with Crippen LogP contribution in [0.5, 0.6) is 11.5 Å². The lowest BCUT2D eigenvalue weighted by atomic mass is 10.1. The third kappa shape index (κ3) is 5.99. The van der Waals surface area contributed by atoms with Gasteiger partial charge in [-0.05, 0) is 61.9 Å². The van der Waals surface area contributed by atoms with Crippen LogP contribution in [0.1, 0.15) is 27.2 Å². The van der Waals surface area contributed by atoms with Crippen LogP contribution in [-0.2, 0) is 16.6 Å². The van der Waals surface area contributed by atoms with Crippen LogP contribution >= 0.6 is 0 Å². The minimum atomic E-state index is -1.07. The smallest absolute Gasteiger partial charge is 0.343 e. The molecule has 0 aliphatic heterocycles. The topological polar surface area (TPSA) is 133 Å². The number of rotatable bonds is 7. The summed E-state index contributed by atoms with van der Waals surface area (Å²) in [6.07, 6.45) is 1.29. The van der Waals surface area contributed by atoms with Crippen molar-refractivity contribution in [2.24, 2.45) is 12.1 Å². The Morgan fingerprint density at radius 1 is 0.900 bits per heavy atom. The molecule has 0 atom stereocenters. The van der Waals surface area contributed by atoms with Crippen LogP contribution in [0.3, 0.4) is 0 Å². The largest absolute Gasteiger partial charge is 0.493 e. The molecule has 0 saturated heterocycles.